The summed E-state index contributed by atoms with van der Waals surface area (Å²) in [5, 5.41) is 3.25. The Balaban J connectivity index is 1.63. The summed E-state index contributed by atoms with van der Waals surface area (Å²) < 4.78 is 0. The molecule has 0 saturated heterocycles. The van der Waals surface area contributed by atoms with Gasteiger partial charge < -0.3 is 5.32 Å². The van der Waals surface area contributed by atoms with Crippen LogP contribution in [0.25, 0.3) is 0 Å². The SMILES string of the molecule is Cc1ccc([C@H](NC(=O)c2ccc3c(c2)CCCC3)c2ccccc2)cc1. The van der Waals surface area contributed by atoms with Crippen molar-refractivity contribution in [1.82, 2.24) is 5.32 Å². The molecule has 1 amide bonds. The maximum atomic E-state index is 13.0. The Bertz CT molecular complexity index is 928. The van der Waals surface area contributed by atoms with E-state index in [4.69, 9.17) is 0 Å². The summed E-state index contributed by atoms with van der Waals surface area (Å²) in [7, 11) is 0. The van der Waals surface area contributed by atoms with Crippen LogP contribution in [0.15, 0.2) is 72.8 Å². The number of carbonyl (C=O) groups excluding carboxylic acids is 1. The molecule has 3 aromatic rings. The molecule has 0 bridgehead atoms. The van der Waals surface area contributed by atoms with E-state index >= 15 is 0 Å². The van der Waals surface area contributed by atoms with Gasteiger partial charge in [0.25, 0.3) is 5.91 Å². The van der Waals surface area contributed by atoms with Gasteiger partial charge in [-0.25, -0.2) is 0 Å². The molecule has 0 spiro atoms. The maximum Gasteiger partial charge on any atom is 0.252 e. The summed E-state index contributed by atoms with van der Waals surface area (Å²) in [5.41, 5.74) is 6.89. The van der Waals surface area contributed by atoms with Gasteiger partial charge in [-0.05, 0) is 67.0 Å². The molecule has 1 aliphatic carbocycles. The standard InChI is InChI=1S/C25H25NO/c1-18-11-13-21(14-12-18)24(20-8-3-2-4-9-20)26-25(27)23-16-15-19-7-5-6-10-22(19)17-23/h2-4,8-9,11-17,24H,5-7,10H2,1H3,(H,26,27)/t24-/m1/s1. The first kappa shape index (κ1) is 17.5. The molecule has 27 heavy (non-hydrogen) atoms. The number of carbonyl (C=O) groups is 1. The first-order chi connectivity index (χ1) is 13.2. The largest absolute Gasteiger partial charge is 0.341 e. The van der Waals surface area contributed by atoms with E-state index in [1.807, 2.05) is 24.3 Å². The van der Waals surface area contributed by atoms with E-state index in [0.29, 0.717) is 0 Å². The third-order valence-electron chi connectivity index (χ3n) is 5.43. The molecule has 136 valence electrons. The predicted molar refractivity (Wildman–Crippen MR) is 110 cm³/mol. The minimum Gasteiger partial charge on any atom is -0.341 e. The van der Waals surface area contributed by atoms with Crippen LogP contribution >= 0.6 is 0 Å². The van der Waals surface area contributed by atoms with E-state index in [1.165, 1.54) is 29.5 Å². The van der Waals surface area contributed by atoms with Gasteiger partial charge in [0.2, 0.25) is 0 Å². The molecule has 0 unspecified atom stereocenters. The molecule has 4 rings (SSSR count). The molecule has 0 fully saturated rings. The molecular weight excluding hydrogens is 330 g/mol. The zero-order valence-corrected chi connectivity index (χ0v) is 15.7. The number of hydrogen-bond donors (Lipinski definition) is 1. The Hall–Kier alpha value is -2.87. The van der Waals surface area contributed by atoms with Gasteiger partial charge in [-0.3, -0.25) is 4.79 Å². The zero-order valence-electron chi connectivity index (χ0n) is 15.7. The highest BCUT2D eigenvalue weighted by Crippen LogP contribution is 2.25. The molecule has 0 saturated carbocycles. The van der Waals surface area contributed by atoms with Crippen molar-refractivity contribution in [3.63, 3.8) is 0 Å². The van der Waals surface area contributed by atoms with Gasteiger partial charge >= 0.3 is 0 Å². The van der Waals surface area contributed by atoms with Crippen molar-refractivity contribution in [2.75, 3.05) is 0 Å². The van der Waals surface area contributed by atoms with Gasteiger partial charge in [-0.1, -0.05) is 66.2 Å². The van der Waals surface area contributed by atoms with Crippen LogP contribution in [0.2, 0.25) is 0 Å². The van der Waals surface area contributed by atoms with E-state index in [9.17, 15) is 4.79 Å². The summed E-state index contributed by atoms with van der Waals surface area (Å²) in [6.07, 6.45) is 4.68. The topological polar surface area (TPSA) is 29.1 Å². The lowest BCUT2D eigenvalue weighted by molar-refractivity contribution is 0.0943. The fourth-order valence-electron chi connectivity index (χ4n) is 3.85. The molecular formula is C25H25NO. The first-order valence-corrected chi connectivity index (χ1v) is 9.75. The molecule has 3 aromatic carbocycles. The van der Waals surface area contributed by atoms with Crippen molar-refractivity contribution in [2.24, 2.45) is 0 Å². The quantitative estimate of drug-likeness (QED) is 0.667. The van der Waals surface area contributed by atoms with Crippen molar-refractivity contribution in [3.8, 4) is 0 Å². The van der Waals surface area contributed by atoms with Crippen LogP contribution in [0.5, 0.6) is 0 Å². The van der Waals surface area contributed by atoms with Gasteiger partial charge in [0, 0.05) is 5.56 Å². The lowest BCUT2D eigenvalue weighted by Crippen LogP contribution is -2.29. The lowest BCUT2D eigenvalue weighted by Gasteiger charge is -2.21. The highest BCUT2D eigenvalue weighted by molar-refractivity contribution is 5.95. The van der Waals surface area contributed by atoms with Crippen LogP contribution in [0.1, 0.15) is 57.1 Å². The van der Waals surface area contributed by atoms with Crippen LogP contribution in [0.3, 0.4) is 0 Å². The van der Waals surface area contributed by atoms with E-state index in [-0.39, 0.29) is 11.9 Å². The minimum absolute atomic E-state index is 0.0159. The number of aryl methyl sites for hydroxylation is 3. The van der Waals surface area contributed by atoms with Crippen molar-refractivity contribution in [3.05, 3.63) is 106 Å². The predicted octanol–water partition coefficient (Wildman–Crippen LogP) is 5.39. The lowest BCUT2D eigenvalue weighted by atomic mass is 9.90. The Labute approximate surface area is 161 Å². The minimum atomic E-state index is -0.157. The number of rotatable bonds is 4. The van der Waals surface area contributed by atoms with Crippen LogP contribution in [0, 0.1) is 6.92 Å². The van der Waals surface area contributed by atoms with Crippen LogP contribution in [-0.4, -0.2) is 5.91 Å². The van der Waals surface area contributed by atoms with Crippen LogP contribution in [0.4, 0.5) is 0 Å². The monoisotopic (exact) mass is 355 g/mol. The summed E-state index contributed by atoms with van der Waals surface area (Å²) in [4.78, 5) is 13.0. The number of fused-ring (bicyclic) bond motifs is 1. The highest BCUT2D eigenvalue weighted by atomic mass is 16.1. The Morgan fingerprint density at radius 1 is 0.815 bits per heavy atom. The molecule has 0 heterocycles. The Kier molecular flexibility index (Phi) is 5.06. The molecule has 0 radical (unpaired) electrons. The summed E-state index contributed by atoms with van der Waals surface area (Å²) >= 11 is 0. The van der Waals surface area contributed by atoms with Crippen LogP contribution < -0.4 is 5.32 Å². The second-order valence-electron chi connectivity index (χ2n) is 7.42. The third-order valence-corrected chi connectivity index (χ3v) is 5.43. The van der Waals surface area contributed by atoms with E-state index < -0.39 is 0 Å². The smallest absolute Gasteiger partial charge is 0.252 e. The normalized spacial score (nSPS) is 14.3. The van der Waals surface area contributed by atoms with Gasteiger partial charge in [0.15, 0.2) is 0 Å². The molecule has 1 N–H and O–H groups in total. The molecule has 1 atom stereocenters. The Morgan fingerprint density at radius 3 is 2.22 bits per heavy atom. The molecule has 2 nitrogen and oxygen atoms in total. The van der Waals surface area contributed by atoms with Gasteiger partial charge in [0.1, 0.15) is 0 Å². The van der Waals surface area contributed by atoms with E-state index in [2.05, 4.69) is 60.8 Å². The number of nitrogens with one attached hydrogen (secondary N) is 1. The molecule has 0 aromatic heterocycles. The fourth-order valence-corrected chi connectivity index (χ4v) is 3.85. The van der Waals surface area contributed by atoms with Gasteiger partial charge in [-0.2, -0.15) is 0 Å². The zero-order chi connectivity index (χ0) is 18.6. The third kappa shape index (κ3) is 3.95. The van der Waals surface area contributed by atoms with E-state index in [1.54, 1.807) is 0 Å². The summed E-state index contributed by atoms with van der Waals surface area (Å²) in [6, 6.07) is 24.6. The average Bonchev–Trinajstić information content (AvgIpc) is 2.73. The van der Waals surface area contributed by atoms with Crippen molar-refractivity contribution >= 4 is 5.91 Å². The molecule has 0 aliphatic heterocycles. The molecule has 2 heteroatoms. The van der Waals surface area contributed by atoms with Crippen molar-refractivity contribution < 1.29 is 4.79 Å². The number of hydrogen-bond acceptors (Lipinski definition) is 1. The maximum absolute atomic E-state index is 13.0. The Morgan fingerprint density at radius 2 is 1.48 bits per heavy atom. The molecule has 1 aliphatic rings. The second kappa shape index (κ2) is 7.79. The van der Waals surface area contributed by atoms with Gasteiger partial charge in [-0.15, -0.1) is 0 Å². The summed E-state index contributed by atoms with van der Waals surface area (Å²) in [6.45, 7) is 2.08. The highest BCUT2D eigenvalue weighted by Gasteiger charge is 2.19. The van der Waals surface area contributed by atoms with Crippen molar-refractivity contribution in [2.45, 2.75) is 38.6 Å². The van der Waals surface area contributed by atoms with Crippen molar-refractivity contribution in [1.29, 1.82) is 0 Å². The first-order valence-electron chi connectivity index (χ1n) is 9.75. The number of benzene rings is 3. The number of amides is 1. The van der Waals surface area contributed by atoms with E-state index in [0.717, 1.165) is 29.5 Å². The summed E-state index contributed by atoms with van der Waals surface area (Å²) in [5.74, 6) is -0.0159. The van der Waals surface area contributed by atoms with Gasteiger partial charge in [0.05, 0.1) is 6.04 Å². The fraction of sp³-hybridized carbons (Fsp3) is 0.240. The van der Waals surface area contributed by atoms with Crippen LogP contribution in [-0.2, 0) is 12.8 Å². The average molecular weight is 355 g/mol. The second-order valence-corrected chi connectivity index (χ2v) is 7.42.